The van der Waals surface area contributed by atoms with Crippen LogP contribution in [0.1, 0.15) is 10.4 Å². The Morgan fingerprint density at radius 1 is 1.08 bits per heavy atom. The van der Waals surface area contributed by atoms with Gasteiger partial charge in [0.1, 0.15) is 5.58 Å². The highest BCUT2D eigenvalue weighted by atomic mass is 16.4. The topological polar surface area (TPSA) is 93.6 Å². The van der Waals surface area contributed by atoms with Gasteiger partial charge in [-0.25, -0.2) is 4.79 Å². The van der Waals surface area contributed by atoms with Crippen molar-refractivity contribution in [3.8, 4) is 11.1 Å². The van der Waals surface area contributed by atoms with E-state index >= 15 is 0 Å². The molecular formula is C19H16N2O4. The van der Waals surface area contributed by atoms with Gasteiger partial charge >= 0.3 is 5.63 Å². The molecule has 0 bridgehead atoms. The molecule has 6 nitrogen and oxygen atoms in total. The van der Waals surface area contributed by atoms with Crippen LogP contribution in [-0.2, 0) is 4.79 Å². The summed E-state index contributed by atoms with van der Waals surface area (Å²) < 4.78 is 5.34. The van der Waals surface area contributed by atoms with Crippen molar-refractivity contribution in [2.24, 2.45) is 5.73 Å². The Kier molecular flexibility index (Phi) is 4.35. The summed E-state index contributed by atoms with van der Waals surface area (Å²) in [5.41, 5.74) is 6.43. The third kappa shape index (κ3) is 3.42. The van der Waals surface area contributed by atoms with E-state index in [2.05, 4.69) is 0 Å². The Bertz CT molecular complexity index is 1020. The number of nitrogens with two attached hydrogens (primary N) is 1. The van der Waals surface area contributed by atoms with Gasteiger partial charge in [0.25, 0.3) is 5.91 Å². The highest BCUT2D eigenvalue weighted by Gasteiger charge is 2.15. The first-order valence-electron chi connectivity index (χ1n) is 7.63. The lowest BCUT2D eigenvalue weighted by Gasteiger charge is -2.15. The molecule has 0 aliphatic carbocycles. The van der Waals surface area contributed by atoms with E-state index in [1.165, 1.54) is 11.9 Å². The van der Waals surface area contributed by atoms with Gasteiger partial charge in [-0.2, -0.15) is 0 Å². The quantitative estimate of drug-likeness (QED) is 0.738. The Hall–Kier alpha value is -3.41. The van der Waals surface area contributed by atoms with E-state index in [-0.39, 0.29) is 12.5 Å². The molecule has 0 aliphatic rings. The minimum Gasteiger partial charge on any atom is -0.422 e. The SMILES string of the molecule is CN(CC(N)=O)C(=O)c1cccc(-c2cc3ccccc3oc2=O)c1. The van der Waals surface area contributed by atoms with Crippen molar-refractivity contribution in [1.29, 1.82) is 0 Å². The Morgan fingerprint density at radius 2 is 1.84 bits per heavy atom. The molecule has 0 aliphatic heterocycles. The number of nitrogens with zero attached hydrogens (tertiary/aromatic N) is 1. The normalized spacial score (nSPS) is 10.6. The lowest BCUT2D eigenvalue weighted by molar-refractivity contribution is -0.118. The van der Waals surface area contributed by atoms with E-state index in [9.17, 15) is 14.4 Å². The van der Waals surface area contributed by atoms with E-state index < -0.39 is 11.5 Å². The number of primary amides is 1. The first kappa shape index (κ1) is 16.4. The van der Waals surface area contributed by atoms with Gasteiger partial charge in [-0.15, -0.1) is 0 Å². The molecule has 3 aromatic rings. The molecule has 0 saturated carbocycles. The molecule has 0 atom stereocenters. The van der Waals surface area contributed by atoms with E-state index in [0.29, 0.717) is 22.3 Å². The molecule has 0 spiro atoms. The van der Waals surface area contributed by atoms with Crippen LogP contribution < -0.4 is 11.4 Å². The summed E-state index contributed by atoms with van der Waals surface area (Å²) in [7, 11) is 1.49. The molecule has 126 valence electrons. The van der Waals surface area contributed by atoms with Crippen LogP contribution in [0.5, 0.6) is 0 Å². The third-order valence-corrected chi connectivity index (χ3v) is 3.80. The molecule has 1 aromatic heterocycles. The van der Waals surface area contributed by atoms with Crippen LogP contribution in [0.4, 0.5) is 0 Å². The predicted molar refractivity (Wildman–Crippen MR) is 94.1 cm³/mol. The van der Waals surface area contributed by atoms with Crippen LogP contribution in [0.2, 0.25) is 0 Å². The van der Waals surface area contributed by atoms with Crippen molar-refractivity contribution in [3.05, 3.63) is 70.6 Å². The lowest BCUT2D eigenvalue weighted by atomic mass is 10.0. The second-order valence-corrected chi connectivity index (χ2v) is 5.69. The third-order valence-electron chi connectivity index (χ3n) is 3.80. The van der Waals surface area contributed by atoms with Gasteiger partial charge in [0.2, 0.25) is 5.91 Å². The minimum atomic E-state index is -0.595. The van der Waals surface area contributed by atoms with Crippen molar-refractivity contribution >= 4 is 22.8 Å². The predicted octanol–water partition coefficient (Wildman–Crippen LogP) is 2.02. The largest absolute Gasteiger partial charge is 0.422 e. The highest BCUT2D eigenvalue weighted by Crippen LogP contribution is 2.22. The van der Waals surface area contributed by atoms with E-state index in [0.717, 1.165) is 5.39 Å². The molecule has 3 rings (SSSR count). The number of amides is 2. The minimum absolute atomic E-state index is 0.179. The van der Waals surface area contributed by atoms with Crippen LogP contribution in [0.25, 0.3) is 22.1 Å². The van der Waals surface area contributed by atoms with Crippen LogP contribution in [0, 0.1) is 0 Å². The summed E-state index contributed by atoms with van der Waals surface area (Å²) in [5, 5.41) is 0.791. The summed E-state index contributed by atoms with van der Waals surface area (Å²) in [6, 6.07) is 15.6. The van der Waals surface area contributed by atoms with Gasteiger partial charge < -0.3 is 15.1 Å². The summed E-state index contributed by atoms with van der Waals surface area (Å²) in [6.07, 6.45) is 0. The van der Waals surface area contributed by atoms with E-state index in [4.69, 9.17) is 10.2 Å². The first-order valence-corrected chi connectivity index (χ1v) is 7.63. The van der Waals surface area contributed by atoms with Crippen molar-refractivity contribution in [2.45, 2.75) is 0 Å². The van der Waals surface area contributed by atoms with E-state index in [1.54, 1.807) is 42.5 Å². The molecular weight excluding hydrogens is 320 g/mol. The fourth-order valence-corrected chi connectivity index (χ4v) is 2.61. The van der Waals surface area contributed by atoms with Gasteiger partial charge in [-0.05, 0) is 29.8 Å². The Balaban J connectivity index is 2.02. The fraction of sp³-hybridized carbons (Fsp3) is 0.105. The van der Waals surface area contributed by atoms with Crippen LogP contribution in [0.3, 0.4) is 0 Å². The zero-order valence-corrected chi connectivity index (χ0v) is 13.6. The second-order valence-electron chi connectivity index (χ2n) is 5.69. The molecule has 0 radical (unpaired) electrons. The molecule has 0 unspecified atom stereocenters. The maximum Gasteiger partial charge on any atom is 0.344 e. The molecule has 2 aromatic carbocycles. The number of carbonyl (C=O) groups is 2. The van der Waals surface area contributed by atoms with Gasteiger partial charge in [-0.1, -0.05) is 30.3 Å². The number of carbonyl (C=O) groups excluding carboxylic acids is 2. The number of hydrogen-bond donors (Lipinski definition) is 1. The van der Waals surface area contributed by atoms with Crippen molar-refractivity contribution in [3.63, 3.8) is 0 Å². The average molecular weight is 336 g/mol. The standard InChI is InChI=1S/C19H16N2O4/c1-21(11-17(20)22)18(23)14-7-4-6-12(9-14)15-10-13-5-2-3-8-16(13)25-19(15)24/h2-10H,11H2,1H3,(H2,20,22). The molecule has 25 heavy (non-hydrogen) atoms. The zero-order valence-electron chi connectivity index (χ0n) is 13.6. The van der Waals surface area contributed by atoms with Gasteiger partial charge in [0, 0.05) is 18.0 Å². The van der Waals surface area contributed by atoms with Gasteiger partial charge in [0.15, 0.2) is 0 Å². The molecule has 0 saturated heterocycles. The monoisotopic (exact) mass is 336 g/mol. The Morgan fingerprint density at radius 3 is 2.60 bits per heavy atom. The molecule has 2 N–H and O–H groups in total. The zero-order chi connectivity index (χ0) is 18.0. The number of likely N-dealkylation sites (N-methyl/N-ethyl adjacent to an activating group) is 1. The van der Waals surface area contributed by atoms with Crippen LogP contribution in [0.15, 0.2) is 63.8 Å². The molecule has 1 heterocycles. The highest BCUT2D eigenvalue weighted by molar-refractivity contribution is 5.97. The van der Waals surface area contributed by atoms with Crippen molar-refractivity contribution < 1.29 is 14.0 Å². The number of benzene rings is 2. The number of fused-ring (bicyclic) bond motifs is 1. The van der Waals surface area contributed by atoms with Gasteiger partial charge in [0.05, 0.1) is 12.1 Å². The van der Waals surface area contributed by atoms with Crippen LogP contribution >= 0.6 is 0 Å². The summed E-state index contributed by atoms with van der Waals surface area (Å²) in [6.45, 7) is -0.179. The fourth-order valence-electron chi connectivity index (χ4n) is 2.61. The summed E-state index contributed by atoms with van der Waals surface area (Å²) >= 11 is 0. The second kappa shape index (κ2) is 6.60. The number of rotatable bonds is 4. The van der Waals surface area contributed by atoms with Gasteiger partial charge in [-0.3, -0.25) is 9.59 Å². The molecule has 0 fully saturated rings. The van der Waals surface area contributed by atoms with Crippen LogP contribution in [-0.4, -0.2) is 30.3 Å². The molecule has 2 amide bonds. The number of para-hydroxylation sites is 1. The Labute approximate surface area is 143 Å². The maximum atomic E-state index is 12.4. The maximum absolute atomic E-state index is 12.4. The van der Waals surface area contributed by atoms with Crippen molar-refractivity contribution in [1.82, 2.24) is 4.90 Å². The molecule has 6 heteroatoms. The summed E-state index contributed by atoms with van der Waals surface area (Å²) in [4.78, 5) is 36.9. The number of hydrogen-bond acceptors (Lipinski definition) is 4. The summed E-state index contributed by atoms with van der Waals surface area (Å²) in [5.74, 6) is -0.951. The van der Waals surface area contributed by atoms with Crippen molar-refractivity contribution in [2.75, 3.05) is 13.6 Å². The first-order chi connectivity index (χ1) is 12.0. The smallest absolute Gasteiger partial charge is 0.344 e. The van der Waals surface area contributed by atoms with E-state index in [1.807, 2.05) is 12.1 Å². The average Bonchev–Trinajstić information content (AvgIpc) is 2.60. The lowest BCUT2D eigenvalue weighted by Crippen LogP contribution is -2.35.